The molecule has 0 aliphatic heterocycles. The van der Waals surface area contributed by atoms with Gasteiger partial charge in [0.15, 0.2) is 0 Å². The summed E-state index contributed by atoms with van der Waals surface area (Å²) in [6.45, 7) is 8.06. The minimum atomic E-state index is -4.35. The van der Waals surface area contributed by atoms with Crippen molar-refractivity contribution < 1.29 is 13.0 Å². The van der Waals surface area contributed by atoms with Crippen LogP contribution in [0.1, 0.15) is 27.7 Å². The van der Waals surface area contributed by atoms with Crippen molar-refractivity contribution in [1.82, 2.24) is 0 Å². The summed E-state index contributed by atoms with van der Waals surface area (Å²) in [7, 11) is -5.15. The number of halogens is 2. The van der Waals surface area contributed by atoms with E-state index in [1.807, 2.05) is 27.7 Å². The van der Waals surface area contributed by atoms with E-state index in [1.165, 1.54) is 0 Å². The van der Waals surface area contributed by atoms with Crippen LogP contribution < -0.4 is 5.30 Å². The van der Waals surface area contributed by atoms with Crippen LogP contribution in [0.3, 0.4) is 0 Å². The zero-order valence-electron chi connectivity index (χ0n) is 10.4. The summed E-state index contributed by atoms with van der Waals surface area (Å²) in [5.74, 6) is 0. The van der Waals surface area contributed by atoms with Crippen molar-refractivity contribution in [2.75, 3.05) is 0 Å². The number of hydrogen-bond acceptors (Lipinski definition) is 3. The van der Waals surface area contributed by atoms with E-state index in [2.05, 4.69) is 0 Å². The number of rotatable bonds is 4. The summed E-state index contributed by atoms with van der Waals surface area (Å²) in [5, 5.41) is 0.508. The standard InChI is InChI=1S/C10H15Cl2O3PS2/c1-5(2)16(6(3)4)7-8(18(13,14)15)10(12)17-9(7)11/h5-6H,1-4H3,(H,13,14,15). The molecule has 0 atom stereocenters. The first-order valence-electron chi connectivity index (χ1n) is 5.31. The summed E-state index contributed by atoms with van der Waals surface area (Å²) in [4.78, 5) is -0.201. The minimum Gasteiger partial charge on any atom is -0.282 e. The summed E-state index contributed by atoms with van der Waals surface area (Å²) in [5.41, 5.74) is 0.507. The molecule has 0 spiro atoms. The molecule has 0 aromatic carbocycles. The van der Waals surface area contributed by atoms with Gasteiger partial charge in [0.2, 0.25) is 0 Å². The Balaban J connectivity index is 3.58. The lowest BCUT2D eigenvalue weighted by Crippen LogP contribution is -2.20. The molecule has 0 saturated heterocycles. The van der Waals surface area contributed by atoms with Crippen LogP contribution in [0.25, 0.3) is 0 Å². The molecule has 1 aromatic heterocycles. The molecule has 0 aliphatic rings. The second kappa shape index (κ2) is 5.94. The van der Waals surface area contributed by atoms with Crippen molar-refractivity contribution in [3.05, 3.63) is 8.67 Å². The van der Waals surface area contributed by atoms with E-state index in [-0.39, 0.29) is 20.5 Å². The predicted molar refractivity (Wildman–Crippen MR) is 81.0 cm³/mol. The van der Waals surface area contributed by atoms with E-state index >= 15 is 0 Å². The van der Waals surface area contributed by atoms with Gasteiger partial charge in [-0.05, 0) is 11.3 Å². The maximum absolute atomic E-state index is 11.5. The third-order valence-corrected chi connectivity index (χ3v) is 8.78. The van der Waals surface area contributed by atoms with Crippen LogP contribution in [0.2, 0.25) is 8.67 Å². The topological polar surface area (TPSA) is 54.4 Å². The van der Waals surface area contributed by atoms with Crippen molar-refractivity contribution in [3.63, 3.8) is 0 Å². The van der Waals surface area contributed by atoms with E-state index in [0.29, 0.717) is 9.64 Å². The Kier molecular flexibility index (Phi) is 5.50. The molecule has 0 fully saturated rings. The Labute approximate surface area is 123 Å². The highest BCUT2D eigenvalue weighted by molar-refractivity contribution is 7.87. The SMILES string of the molecule is CC(C)P(c1c(Cl)sc(Cl)c1S(=O)(=O)O)C(C)C. The molecule has 1 aromatic rings. The van der Waals surface area contributed by atoms with E-state index in [4.69, 9.17) is 23.2 Å². The van der Waals surface area contributed by atoms with E-state index in [9.17, 15) is 13.0 Å². The molecular formula is C10H15Cl2O3PS2. The third kappa shape index (κ3) is 3.38. The lowest BCUT2D eigenvalue weighted by Gasteiger charge is -2.26. The number of thiophene rings is 1. The van der Waals surface area contributed by atoms with Gasteiger partial charge in [-0.2, -0.15) is 8.42 Å². The molecule has 1 heterocycles. The monoisotopic (exact) mass is 348 g/mol. The molecule has 1 N–H and O–H groups in total. The molecule has 104 valence electrons. The normalized spacial score (nSPS) is 13.0. The zero-order valence-corrected chi connectivity index (χ0v) is 14.5. The van der Waals surface area contributed by atoms with E-state index < -0.39 is 18.0 Å². The predicted octanol–water partition coefficient (Wildman–Crippen LogP) is 4.23. The van der Waals surface area contributed by atoms with Crippen molar-refractivity contribution in [2.24, 2.45) is 0 Å². The van der Waals surface area contributed by atoms with Crippen LogP contribution >= 0.6 is 42.5 Å². The van der Waals surface area contributed by atoms with Crippen LogP contribution in [0, 0.1) is 0 Å². The van der Waals surface area contributed by atoms with E-state index in [0.717, 1.165) is 11.3 Å². The van der Waals surface area contributed by atoms with Crippen LogP contribution in [0.5, 0.6) is 0 Å². The molecule has 0 unspecified atom stereocenters. The second-order valence-corrected chi connectivity index (χ2v) is 11.3. The van der Waals surface area contributed by atoms with Gasteiger partial charge in [-0.15, -0.1) is 11.3 Å². The molecule has 0 aliphatic carbocycles. The van der Waals surface area contributed by atoms with Crippen molar-refractivity contribution >= 4 is 57.9 Å². The van der Waals surface area contributed by atoms with Gasteiger partial charge < -0.3 is 0 Å². The Morgan fingerprint density at radius 2 is 1.56 bits per heavy atom. The average Bonchev–Trinajstić information content (AvgIpc) is 2.39. The zero-order chi connectivity index (χ0) is 14.2. The largest absolute Gasteiger partial charge is 0.297 e. The quantitative estimate of drug-likeness (QED) is 0.654. The van der Waals surface area contributed by atoms with Gasteiger partial charge in [0.1, 0.15) is 13.6 Å². The first kappa shape index (κ1) is 16.7. The van der Waals surface area contributed by atoms with Crippen LogP contribution in [-0.2, 0) is 10.1 Å². The van der Waals surface area contributed by atoms with Crippen LogP contribution in [0.15, 0.2) is 4.90 Å². The summed E-state index contributed by atoms with van der Waals surface area (Å²) in [6, 6.07) is 0. The highest BCUT2D eigenvalue weighted by Crippen LogP contribution is 2.51. The van der Waals surface area contributed by atoms with Gasteiger partial charge in [-0.3, -0.25) is 4.55 Å². The van der Waals surface area contributed by atoms with Crippen molar-refractivity contribution in [1.29, 1.82) is 0 Å². The molecule has 0 amide bonds. The smallest absolute Gasteiger partial charge is 0.282 e. The molecule has 3 nitrogen and oxygen atoms in total. The maximum atomic E-state index is 11.5. The molecule has 18 heavy (non-hydrogen) atoms. The Hall–Kier alpha value is 0.620. The molecule has 0 bridgehead atoms. The van der Waals surface area contributed by atoms with Crippen LogP contribution in [-0.4, -0.2) is 24.3 Å². The Morgan fingerprint density at radius 1 is 1.11 bits per heavy atom. The molecule has 0 saturated carbocycles. The lowest BCUT2D eigenvalue weighted by atomic mass is 10.5. The van der Waals surface area contributed by atoms with Gasteiger partial charge in [-0.25, -0.2) is 0 Å². The van der Waals surface area contributed by atoms with Crippen molar-refractivity contribution in [3.8, 4) is 0 Å². The molecule has 8 heteroatoms. The summed E-state index contributed by atoms with van der Waals surface area (Å²) < 4.78 is 32.7. The second-order valence-electron chi connectivity index (χ2n) is 4.40. The average molecular weight is 349 g/mol. The van der Waals surface area contributed by atoms with E-state index in [1.54, 1.807) is 0 Å². The molecule has 1 rings (SSSR count). The fourth-order valence-electron chi connectivity index (χ4n) is 1.91. The highest BCUT2D eigenvalue weighted by Gasteiger charge is 2.33. The fourth-order valence-corrected chi connectivity index (χ4v) is 8.96. The first-order chi connectivity index (χ1) is 8.07. The fraction of sp³-hybridized carbons (Fsp3) is 0.600. The first-order valence-corrected chi connectivity index (χ1v) is 9.80. The van der Waals surface area contributed by atoms with Crippen LogP contribution in [0.4, 0.5) is 0 Å². The summed E-state index contributed by atoms with van der Waals surface area (Å²) >= 11 is 13.0. The molecule has 0 radical (unpaired) electrons. The molecular weight excluding hydrogens is 334 g/mol. The minimum absolute atomic E-state index is 0.0336. The lowest BCUT2D eigenvalue weighted by molar-refractivity contribution is 0.484. The Bertz CT molecular complexity index is 530. The maximum Gasteiger partial charge on any atom is 0.297 e. The van der Waals surface area contributed by atoms with Gasteiger partial charge in [-0.1, -0.05) is 58.8 Å². The van der Waals surface area contributed by atoms with Gasteiger partial charge in [0, 0.05) is 5.30 Å². The van der Waals surface area contributed by atoms with Gasteiger partial charge in [0.25, 0.3) is 10.1 Å². The highest BCUT2D eigenvalue weighted by atomic mass is 35.5. The van der Waals surface area contributed by atoms with Crippen molar-refractivity contribution in [2.45, 2.75) is 43.9 Å². The number of hydrogen-bond donors (Lipinski definition) is 1. The third-order valence-electron chi connectivity index (χ3n) is 2.39. The Morgan fingerprint density at radius 3 is 1.89 bits per heavy atom. The van der Waals surface area contributed by atoms with Gasteiger partial charge >= 0.3 is 0 Å². The summed E-state index contributed by atoms with van der Waals surface area (Å²) in [6.07, 6.45) is 0. The van der Waals surface area contributed by atoms with Gasteiger partial charge in [0.05, 0.1) is 0 Å².